The molecule has 0 radical (unpaired) electrons. The van der Waals surface area contributed by atoms with Crippen molar-refractivity contribution >= 4 is 0 Å². The summed E-state index contributed by atoms with van der Waals surface area (Å²) >= 11 is 0. The zero-order chi connectivity index (χ0) is 28.6. The van der Waals surface area contributed by atoms with E-state index in [1.807, 2.05) is 18.2 Å². The van der Waals surface area contributed by atoms with E-state index < -0.39 is 0 Å². The molecule has 0 aliphatic heterocycles. The van der Waals surface area contributed by atoms with Crippen molar-refractivity contribution in [3.8, 4) is 22.9 Å². The highest BCUT2D eigenvalue weighted by Crippen LogP contribution is 2.41. The lowest BCUT2D eigenvalue weighted by Crippen LogP contribution is -2.13. The predicted molar refractivity (Wildman–Crippen MR) is 167 cm³/mol. The van der Waals surface area contributed by atoms with E-state index in [2.05, 4.69) is 32.0 Å². The molecule has 1 saturated carbocycles. The van der Waals surface area contributed by atoms with Gasteiger partial charge >= 0.3 is 0 Å². The normalized spacial score (nSPS) is 17.1. The maximum absolute atomic E-state index is 15.5. The number of benzene rings is 2. The van der Waals surface area contributed by atoms with Gasteiger partial charge in [-0.05, 0) is 67.6 Å². The topological polar surface area (TPSA) is 33.0 Å². The second kappa shape index (κ2) is 18.2. The summed E-state index contributed by atoms with van der Waals surface area (Å²) in [5, 5.41) is 10.0. The van der Waals surface area contributed by atoms with Crippen LogP contribution >= 0.6 is 0 Å². The Balaban J connectivity index is 1.59. The molecule has 0 N–H and O–H groups in total. The minimum Gasteiger partial charge on any atom is -0.493 e. The highest BCUT2D eigenvalue weighted by atomic mass is 19.1. The van der Waals surface area contributed by atoms with E-state index in [9.17, 15) is 5.26 Å². The first-order valence-corrected chi connectivity index (χ1v) is 16.5. The summed E-state index contributed by atoms with van der Waals surface area (Å²) in [6, 6.07) is 12.5. The molecular formula is C37H54FNO. The smallest absolute Gasteiger partial charge is 0.168 e. The molecule has 3 heteroatoms. The Kier molecular flexibility index (Phi) is 14.6. The summed E-state index contributed by atoms with van der Waals surface area (Å²) < 4.78 is 21.1. The predicted octanol–water partition coefficient (Wildman–Crippen LogP) is 11.7. The number of ether oxygens (including phenoxy) is 1. The van der Waals surface area contributed by atoms with Crippen LogP contribution in [-0.4, -0.2) is 7.11 Å². The van der Waals surface area contributed by atoms with E-state index in [1.54, 1.807) is 0 Å². The summed E-state index contributed by atoms with van der Waals surface area (Å²) in [5.41, 5.74) is 4.02. The Bertz CT molecular complexity index is 1050. The van der Waals surface area contributed by atoms with Crippen molar-refractivity contribution in [3.05, 3.63) is 52.8 Å². The average molecular weight is 548 g/mol. The van der Waals surface area contributed by atoms with Crippen molar-refractivity contribution in [1.29, 1.82) is 5.26 Å². The molecule has 2 aromatic carbocycles. The highest BCUT2D eigenvalue weighted by molar-refractivity contribution is 5.77. The largest absolute Gasteiger partial charge is 0.493 e. The molecule has 1 fully saturated rings. The van der Waals surface area contributed by atoms with Crippen LogP contribution in [-0.2, 0) is 6.42 Å². The van der Waals surface area contributed by atoms with Crippen molar-refractivity contribution in [3.63, 3.8) is 0 Å². The number of nitrogens with zero attached hydrogens (tertiary/aromatic N) is 1. The molecule has 220 valence electrons. The van der Waals surface area contributed by atoms with E-state index in [0.29, 0.717) is 22.6 Å². The number of halogens is 1. The number of hydrogen-bond donors (Lipinski definition) is 0. The summed E-state index contributed by atoms with van der Waals surface area (Å²) in [7, 11) is 1.53. The van der Waals surface area contributed by atoms with Crippen LogP contribution in [0.3, 0.4) is 0 Å². The van der Waals surface area contributed by atoms with E-state index in [1.165, 1.54) is 115 Å². The quantitative estimate of drug-likeness (QED) is 0.174. The van der Waals surface area contributed by atoms with Gasteiger partial charge in [-0.1, -0.05) is 122 Å². The standard InChI is InChI=1S/C37H54FNO/c1-4-6-8-10-12-14-16-18-31-23-26-35(37(40-3)36(31)38)34-25-24-32(27-33(34)28-39)30-21-19-29(20-22-30)17-15-13-11-9-7-5-2/h23-27,29-30H,4-22H2,1-3H3. The number of nitriles is 1. The average Bonchev–Trinajstić information content (AvgIpc) is 2.99. The van der Waals surface area contributed by atoms with E-state index in [-0.39, 0.29) is 11.6 Å². The molecule has 1 aliphatic carbocycles. The first kappa shape index (κ1) is 32.2. The van der Waals surface area contributed by atoms with Gasteiger partial charge in [-0.25, -0.2) is 4.39 Å². The van der Waals surface area contributed by atoms with Crippen molar-refractivity contribution in [2.45, 2.75) is 142 Å². The van der Waals surface area contributed by atoms with Crippen molar-refractivity contribution < 1.29 is 9.13 Å². The van der Waals surface area contributed by atoms with Gasteiger partial charge in [0, 0.05) is 11.1 Å². The van der Waals surface area contributed by atoms with E-state index >= 15 is 4.39 Å². The van der Waals surface area contributed by atoms with Crippen molar-refractivity contribution in [1.82, 2.24) is 0 Å². The van der Waals surface area contributed by atoms with Crippen molar-refractivity contribution in [2.75, 3.05) is 7.11 Å². The zero-order valence-corrected chi connectivity index (χ0v) is 25.7. The summed E-state index contributed by atoms with van der Waals surface area (Å²) in [4.78, 5) is 0. The van der Waals surface area contributed by atoms with Gasteiger partial charge in [0.15, 0.2) is 11.6 Å². The molecule has 0 aromatic heterocycles. The molecule has 2 aromatic rings. The maximum Gasteiger partial charge on any atom is 0.168 e. The molecule has 0 amide bonds. The van der Waals surface area contributed by atoms with E-state index in [4.69, 9.17) is 4.74 Å². The molecule has 0 heterocycles. The lowest BCUT2D eigenvalue weighted by molar-refractivity contribution is 0.302. The summed E-state index contributed by atoms with van der Waals surface area (Å²) in [6.45, 7) is 4.51. The Hall–Kier alpha value is -2.34. The van der Waals surface area contributed by atoms with Crippen LogP contribution in [0.5, 0.6) is 5.75 Å². The summed E-state index contributed by atoms with van der Waals surface area (Å²) in [5.74, 6) is 1.37. The molecule has 0 spiro atoms. The number of aryl methyl sites for hydroxylation is 1. The second-order valence-corrected chi connectivity index (χ2v) is 12.2. The van der Waals surface area contributed by atoms with Gasteiger partial charge in [-0.2, -0.15) is 5.26 Å². The Morgan fingerprint density at radius 3 is 2.00 bits per heavy atom. The summed E-state index contributed by atoms with van der Waals surface area (Å²) in [6.07, 6.45) is 23.8. The van der Waals surface area contributed by atoms with Gasteiger partial charge in [-0.3, -0.25) is 0 Å². The van der Waals surface area contributed by atoms with Gasteiger partial charge in [0.25, 0.3) is 0 Å². The molecule has 1 aliphatic rings. The van der Waals surface area contributed by atoms with Gasteiger partial charge < -0.3 is 4.74 Å². The fraction of sp³-hybridized carbons (Fsp3) is 0.649. The van der Waals surface area contributed by atoms with Crippen LogP contribution in [0, 0.1) is 23.1 Å². The number of methoxy groups -OCH3 is 1. The van der Waals surface area contributed by atoms with Crippen LogP contribution in [0.15, 0.2) is 30.3 Å². The fourth-order valence-electron chi connectivity index (χ4n) is 6.62. The first-order valence-electron chi connectivity index (χ1n) is 16.5. The molecule has 2 nitrogen and oxygen atoms in total. The fourth-order valence-corrected chi connectivity index (χ4v) is 6.62. The SMILES string of the molecule is CCCCCCCCCc1ccc(-c2ccc(C3CCC(CCCCCCCC)CC3)cc2C#N)c(OC)c1F. The molecule has 0 saturated heterocycles. The van der Waals surface area contributed by atoms with Gasteiger partial charge in [-0.15, -0.1) is 0 Å². The van der Waals surface area contributed by atoms with Crippen LogP contribution in [0.2, 0.25) is 0 Å². The van der Waals surface area contributed by atoms with Crippen molar-refractivity contribution in [2.24, 2.45) is 5.92 Å². The molecule has 0 unspecified atom stereocenters. The first-order chi connectivity index (χ1) is 19.6. The van der Waals surface area contributed by atoms with E-state index in [0.717, 1.165) is 30.7 Å². The third-order valence-corrected chi connectivity index (χ3v) is 9.17. The monoisotopic (exact) mass is 547 g/mol. The minimum atomic E-state index is -0.275. The van der Waals surface area contributed by atoms with Crippen LogP contribution < -0.4 is 4.74 Å². The Morgan fingerprint density at radius 2 is 1.38 bits per heavy atom. The Morgan fingerprint density at radius 1 is 0.775 bits per heavy atom. The highest BCUT2D eigenvalue weighted by Gasteiger charge is 2.24. The lowest BCUT2D eigenvalue weighted by Gasteiger charge is -2.29. The zero-order valence-electron chi connectivity index (χ0n) is 25.7. The van der Waals surface area contributed by atoms with Gasteiger partial charge in [0.05, 0.1) is 18.7 Å². The lowest BCUT2D eigenvalue weighted by atomic mass is 9.76. The second-order valence-electron chi connectivity index (χ2n) is 12.2. The van der Waals surface area contributed by atoms with Gasteiger partial charge in [0.1, 0.15) is 0 Å². The number of rotatable bonds is 18. The molecular weight excluding hydrogens is 493 g/mol. The third kappa shape index (κ3) is 9.64. The molecule has 0 atom stereocenters. The molecule has 40 heavy (non-hydrogen) atoms. The minimum absolute atomic E-state index is 0.264. The third-order valence-electron chi connectivity index (χ3n) is 9.17. The van der Waals surface area contributed by atoms with Gasteiger partial charge in [0.2, 0.25) is 0 Å². The molecule has 0 bridgehead atoms. The maximum atomic E-state index is 15.5. The van der Waals surface area contributed by atoms with Crippen LogP contribution in [0.1, 0.15) is 152 Å². The van der Waals surface area contributed by atoms with Crippen LogP contribution in [0.25, 0.3) is 11.1 Å². The number of hydrogen-bond acceptors (Lipinski definition) is 2. The van der Waals surface area contributed by atoms with Crippen LogP contribution in [0.4, 0.5) is 4.39 Å². The number of unbranched alkanes of at least 4 members (excludes halogenated alkanes) is 11. The Labute approximate surface area is 244 Å². The molecule has 3 rings (SSSR count).